The van der Waals surface area contributed by atoms with Crippen molar-refractivity contribution in [1.82, 2.24) is 19.9 Å². The fourth-order valence-corrected chi connectivity index (χ4v) is 7.56. The third-order valence-corrected chi connectivity index (χ3v) is 10.3. The van der Waals surface area contributed by atoms with E-state index in [0.29, 0.717) is 48.6 Å². The molecule has 0 radical (unpaired) electrons. The van der Waals surface area contributed by atoms with E-state index in [-0.39, 0.29) is 5.82 Å². The molecule has 15 heteroatoms. The minimum absolute atomic E-state index is 0.169. The summed E-state index contributed by atoms with van der Waals surface area (Å²) in [7, 11) is 0. The highest BCUT2D eigenvalue weighted by molar-refractivity contribution is 7.16. The van der Waals surface area contributed by atoms with E-state index in [1.54, 1.807) is 35.7 Å². The van der Waals surface area contributed by atoms with E-state index in [4.69, 9.17) is 70.3 Å². The Balaban J connectivity index is 0.000000200. The maximum absolute atomic E-state index is 12.3. The Kier molecular flexibility index (Phi) is 15.4. The summed E-state index contributed by atoms with van der Waals surface area (Å²) in [6, 6.07) is 17.4. The summed E-state index contributed by atoms with van der Waals surface area (Å²) < 4.78 is 12.3. The van der Waals surface area contributed by atoms with Crippen LogP contribution in [0.4, 0.5) is 32.0 Å². The zero-order valence-electron chi connectivity index (χ0n) is 29.0. The van der Waals surface area contributed by atoms with Crippen LogP contribution in [0.15, 0.2) is 73.1 Å². The third kappa shape index (κ3) is 11.8. The first-order chi connectivity index (χ1) is 25.3. The number of pyridine rings is 2. The molecule has 2 aromatic carbocycles. The van der Waals surface area contributed by atoms with Gasteiger partial charge in [-0.3, -0.25) is 0 Å². The fraction of sp³-hybridized carbons (Fsp3) is 0.211. The van der Waals surface area contributed by atoms with Gasteiger partial charge in [0.25, 0.3) is 5.82 Å². The molecule has 272 valence electrons. The second-order valence-corrected chi connectivity index (χ2v) is 15.9. The lowest BCUT2D eigenvalue weighted by Gasteiger charge is -2.06. The summed E-state index contributed by atoms with van der Waals surface area (Å²) >= 11 is 27.3. The molecule has 3 N–H and O–H groups in total. The molecule has 6 rings (SSSR count). The molecular weight excluding hydrogens is 793 g/mol. The van der Waals surface area contributed by atoms with Gasteiger partial charge in [-0.25, -0.2) is 14.4 Å². The van der Waals surface area contributed by atoms with Gasteiger partial charge in [0.15, 0.2) is 10.3 Å². The lowest BCUT2D eigenvalue weighted by molar-refractivity contribution is 0.628. The molecule has 0 fully saturated rings. The molecule has 53 heavy (non-hydrogen) atoms. The van der Waals surface area contributed by atoms with Gasteiger partial charge in [-0.15, -0.1) is 32.6 Å². The predicted octanol–water partition coefficient (Wildman–Crippen LogP) is 13.7. The second-order valence-electron chi connectivity index (χ2n) is 12.1. The molecule has 0 bridgehead atoms. The van der Waals surface area contributed by atoms with Gasteiger partial charge in [-0.1, -0.05) is 99.4 Å². The Morgan fingerprint density at radius 3 is 1.72 bits per heavy atom. The minimum atomic E-state index is -0.562. The van der Waals surface area contributed by atoms with Gasteiger partial charge in [0.1, 0.15) is 18.2 Å². The zero-order chi connectivity index (χ0) is 38.7. The first-order valence-corrected chi connectivity index (χ1v) is 19.2. The summed E-state index contributed by atoms with van der Waals surface area (Å²) in [5, 5.41) is 6.65. The van der Waals surface area contributed by atoms with Gasteiger partial charge < -0.3 is 20.7 Å². The van der Waals surface area contributed by atoms with Crippen molar-refractivity contribution in [3.05, 3.63) is 132 Å². The number of rotatable bonds is 8. The topological polar surface area (TPSA) is 98.3 Å². The van der Waals surface area contributed by atoms with E-state index in [1.807, 2.05) is 30.3 Å². The van der Waals surface area contributed by atoms with Crippen molar-refractivity contribution in [3.8, 4) is 22.5 Å². The van der Waals surface area contributed by atoms with Gasteiger partial charge >= 0.3 is 5.82 Å². The highest BCUT2D eigenvalue weighted by Gasteiger charge is 2.17. The number of anilines is 3. The monoisotopic (exact) mass is 824 g/mol. The Morgan fingerprint density at radius 2 is 1.23 bits per heavy atom. The maximum Gasteiger partial charge on any atom is 0.305 e. The molecule has 0 aliphatic heterocycles. The van der Waals surface area contributed by atoms with Gasteiger partial charge in [0.2, 0.25) is 0 Å². The number of halogens is 5. The van der Waals surface area contributed by atoms with Crippen LogP contribution in [-0.2, 0) is 12.8 Å². The molecule has 0 amide bonds. The van der Waals surface area contributed by atoms with E-state index < -0.39 is 5.82 Å². The van der Waals surface area contributed by atoms with Crippen molar-refractivity contribution in [2.75, 3.05) is 11.1 Å². The number of benzene rings is 2. The molecule has 8 nitrogen and oxygen atoms in total. The first kappa shape index (κ1) is 41.4. The number of hydrogen-bond acceptors (Lipinski definition) is 8. The number of nitrogens with one attached hydrogen (secondary N) is 1. The zero-order valence-corrected chi connectivity index (χ0v) is 33.6. The second kappa shape index (κ2) is 19.7. The molecular formula is C38H33Cl4FN8S2. The molecule has 0 spiro atoms. The highest BCUT2D eigenvalue weighted by atomic mass is 35.5. The Labute approximate surface area is 336 Å². The highest BCUT2D eigenvalue weighted by Crippen LogP contribution is 2.38. The van der Waals surface area contributed by atoms with Crippen LogP contribution in [0.2, 0.25) is 20.1 Å². The fourth-order valence-electron chi connectivity index (χ4n) is 4.69. The maximum atomic E-state index is 12.3. The molecule has 0 saturated heterocycles. The number of nitrogens with two attached hydrogens (primary N) is 1. The van der Waals surface area contributed by atoms with E-state index >= 15 is 0 Å². The molecule has 0 atom stereocenters. The van der Waals surface area contributed by atoms with Crippen molar-refractivity contribution < 1.29 is 4.39 Å². The molecule has 4 aromatic heterocycles. The van der Waals surface area contributed by atoms with Crippen molar-refractivity contribution >= 4 is 96.7 Å². The summed E-state index contributed by atoms with van der Waals surface area (Å²) in [5.74, 6) is 0.641. The van der Waals surface area contributed by atoms with E-state index in [2.05, 4.69) is 57.7 Å². The predicted molar refractivity (Wildman–Crippen MR) is 221 cm³/mol. The molecule has 0 aliphatic carbocycles. The van der Waals surface area contributed by atoms with Crippen LogP contribution < -0.4 is 11.1 Å². The van der Waals surface area contributed by atoms with Crippen molar-refractivity contribution in [2.45, 2.75) is 40.5 Å². The lowest BCUT2D eigenvalue weighted by atomic mass is 10.0. The van der Waals surface area contributed by atoms with Crippen LogP contribution in [0, 0.1) is 30.8 Å². The lowest BCUT2D eigenvalue weighted by Crippen LogP contribution is -1.94. The summed E-state index contributed by atoms with van der Waals surface area (Å²) in [4.78, 5) is 25.3. The number of thiazole rings is 2. The van der Waals surface area contributed by atoms with Gasteiger partial charge in [0, 0.05) is 20.9 Å². The van der Waals surface area contributed by atoms with Gasteiger partial charge in [-0.2, -0.15) is 0 Å². The summed E-state index contributed by atoms with van der Waals surface area (Å²) in [6.07, 6.45) is 4.85. The first-order valence-electron chi connectivity index (χ1n) is 16.0. The largest absolute Gasteiger partial charge is 0.375 e. The smallest absolute Gasteiger partial charge is 0.305 e. The quantitative estimate of drug-likeness (QED) is 0.148. The number of nitrogens with zero attached hydrogens (tertiary/aromatic N) is 6. The average molecular weight is 827 g/mol. The molecule has 0 unspecified atom stereocenters. The van der Waals surface area contributed by atoms with E-state index in [9.17, 15) is 4.39 Å². The SMILES string of the molecule is CC(C)Cc1sc(N)nc1-c1ccc(Cl)c(Cl)c1.[C-]#[N+]c1ncccc1F.[C-]#[N+]c1ncccc1Nc1nc(-c2ccc(Cl)c(Cl)c2)c(CC(C)C)s1. The van der Waals surface area contributed by atoms with Crippen LogP contribution in [0.3, 0.4) is 0 Å². The Morgan fingerprint density at radius 1 is 0.717 bits per heavy atom. The van der Waals surface area contributed by atoms with Crippen molar-refractivity contribution in [1.29, 1.82) is 0 Å². The Bertz CT molecular complexity index is 2260. The molecule has 0 aliphatic rings. The van der Waals surface area contributed by atoms with Crippen molar-refractivity contribution in [3.63, 3.8) is 0 Å². The van der Waals surface area contributed by atoms with Gasteiger partial charge in [-0.05, 0) is 73.2 Å². The summed E-state index contributed by atoms with van der Waals surface area (Å²) in [6.45, 7) is 22.3. The normalized spacial score (nSPS) is 10.5. The van der Waals surface area contributed by atoms with Crippen molar-refractivity contribution in [2.24, 2.45) is 11.8 Å². The van der Waals surface area contributed by atoms with Gasteiger partial charge in [0.05, 0.1) is 37.2 Å². The Hall–Kier alpha value is -4.33. The average Bonchev–Trinajstić information content (AvgIpc) is 3.69. The number of nitrogen functional groups attached to an aromatic ring is 1. The van der Waals surface area contributed by atoms with Crippen LogP contribution in [0.5, 0.6) is 0 Å². The molecule has 4 heterocycles. The summed E-state index contributed by atoms with van der Waals surface area (Å²) in [5.41, 5.74) is 10.2. The van der Waals surface area contributed by atoms with E-state index in [0.717, 1.165) is 45.4 Å². The standard InChI is InChI=1S/C19H16Cl2N4S.C13H14Cl2N2S.C6H3FN2/c1-11(2)9-16-17(12-6-7-13(20)14(21)10-12)25-19(26-16)24-15-5-4-8-23-18(15)22-3;1-7(2)5-11-12(17-13(16)18-11)8-3-4-9(14)10(15)6-8;1-8-6-5(7)3-2-4-9-6/h4-8,10-11H,9H2,1-2H3,(H,24,25);3-4,6-7H,5H2,1-2H3,(H2,16,17);2-4H. The number of aromatic nitrogens is 4. The number of hydrogen-bond donors (Lipinski definition) is 2. The van der Waals surface area contributed by atoms with E-state index in [1.165, 1.54) is 34.5 Å². The third-order valence-electron chi connectivity index (χ3n) is 6.96. The molecule has 0 saturated carbocycles. The van der Waals surface area contributed by atoms with Crippen LogP contribution in [0.25, 0.3) is 32.2 Å². The molecule has 6 aromatic rings. The van der Waals surface area contributed by atoms with Crippen LogP contribution in [0.1, 0.15) is 37.4 Å². The van der Waals surface area contributed by atoms with Crippen LogP contribution >= 0.6 is 69.1 Å². The van der Waals surface area contributed by atoms with Crippen LogP contribution in [-0.4, -0.2) is 19.9 Å². The minimum Gasteiger partial charge on any atom is -0.375 e.